The van der Waals surface area contributed by atoms with Crippen molar-refractivity contribution in [1.82, 2.24) is 9.55 Å². The second-order valence-electron chi connectivity index (χ2n) is 7.73. The van der Waals surface area contributed by atoms with Gasteiger partial charge >= 0.3 is 5.97 Å². The number of rotatable bonds is 3. The number of cyclic esters (lactones) is 1. The van der Waals surface area contributed by atoms with E-state index in [9.17, 15) is 14.7 Å². The van der Waals surface area contributed by atoms with E-state index in [4.69, 9.17) is 14.5 Å². The molecule has 0 amide bonds. The SMILES string of the molecule is CCc1c2c(nc3cccc(OC)c13)-c1cc3c(c(=O)n1C2)COC(=O)[C@]3(O)CC. The first-order valence-corrected chi connectivity index (χ1v) is 10.1. The Labute approximate surface area is 172 Å². The molecule has 2 aliphatic rings. The fraction of sp³-hybridized carbons (Fsp3) is 0.348. The predicted octanol–water partition coefficient (Wildman–Crippen LogP) is 2.65. The second-order valence-corrected chi connectivity index (χ2v) is 7.73. The molecule has 7 nitrogen and oxygen atoms in total. The summed E-state index contributed by atoms with van der Waals surface area (Å²) in [5, 5.41) is 11.9. The first-order chi connectivity index (χ1) is 14.4. The number of hydrogen-bond acceptors (Lipinski definition) is 6. The molecule has 1 atom stereocenters. The minimum atomic E-state index is -1.82. The molecular formula is C23H22N2O5. The van der Waals surface area contributed by atoms with Crippen molar-refractivity contribution in [3.63, 3.8) is 0 Å². The second kappa shape index (κ2) is 6.40. The van der Waals surface area contributed by atoms with E-state index in [0.29, 0.717) is 29.1 Å². The molecule has 1 aromatic carbocycles. The quantitative estimate of drug-likeness (QED) is 0.526. The van der Waals surface area contributed by atoms with Crippen LogP contribution in [0.1, 0.15) is 42.5 Å². The highest BCUT2D eigenvalue weighted by atomic mass is 16.6. The summed E-state index contributed by atoms with van der Waals surface area (Å²) in [4.78, 5) is 30.5. The summed E-state index contributed by atoms with van der Waals surface area (Å²) in [7, 11) is 1.64. The molecule has 0 unspecified atom stereocenters. The average molecular weight is 406 g/mol. The van der Waals surface area contributed by atoms with Crippen molar-refractivity contribution in [2.75, 3.05) is 7.11 Å². The number of carbonyl (C=O) groups is 1. The molecule has 0 spiro atoms. The normalized spacial score (nSPS) is 19.3. The topological polar surface area (TPSA) is 90.6 Å². The Morgan fingerprint density at radius 1 is 1.27 bits per heavy atom. The number of fused-ring (bicyclic) bond motifs is 5. The lowest BCUT2D eigenvalue weighted by Gasteiger charge is -2.31. The molecule has 0 aliphatic carbocycles. The average Bonchev–Trinajstić information content (AvgIpc) is 3.13. The Balaban J connectivity index is 1.84. The van der Waals surface area contributed by atoms with Crippen molar-refractivity contribution in [3.8, 4) is 17.1 Å². The van der Waals surface area contributed by atoms with E-state index in [-0.39, 0.29) is 18.6 Å². The third kappa shape index (κ3) is 2.26. The monoisotopic (exact) mass is 406 g/mol. The summed E-state index contributed by atoms with van der Waals surface area (Å²) < 4.78 is 12.4. The van der Waals surface area contributed by atoms with Gasteiger partial charge in [-0.05, 0) is 36.6 Å². The number of aromatic nitrogens is 2. The van der Waals surface area contributed by atoms with Crippen LogP contribution in [0.25, 0.3) is 22.3 Å². The Kier molecular flexibility index (Phi) is 4.02. The number of nitrogens with zero attached hydrogens (tertiary/aromatic N) is 2. The Bertz CT molecular complexity index is 1290. The van der Waals surface area contributed by atoms with Gasteiger partial charge in [-0.2, -0.15) is 0 Å². The van der Waals surface area contributed by atoms with E-state index >= 15 is 0 Å². The van der Waals surface area contributed by atoms with Crippen LogP contribution in [0.4, 0.5) is 0 Å². The third-order valence-electron chi connectivity index (χ3n) is 6.36. The van der Waals surface area contributed by atoms with Crippen molar-refractivity contribution in [2.45, 2.75) is 45.4 Å². The smallest absolute Gasteiger partial charge is 0.343 e. The highest BCUT2D eigenvalue weighted by Crippen LogP contribution is 2.41. The van der Waals surface area contributed by atoms with E-state index in [0.717, 1.165) is 34.2 Å². The van der Waals surface area contributed by atoms with Gasteiger partial charge in [0.25, 0.3) is 5.56 Å². The summed E-state index contributed by atoms with van der Waals surface area (Å²) in [5.41, 5.74) is 2.77. The van der Waals surface area contributed by atoms with E-state index in [1.165, 1.54) is 0 Å². The first kappa shape index (κ1) is 18.8. The lowest BCUT2D eigenvalue weighted by atomic mass is 9.86. The van der Waals surface area contributed by atoms with Crippen molar-refractivity contribution >= 4 is 16.9 Å². The van der Waals surface area contributed by atoms with Crippen LogP contribution in [0, 0.1) is 0 Å². The number of ether oxygens (including phenoxy) is 2. The van der Waals surface area contributed by atoms with Crippen LogP contribution in [-0.4, -0.2) is 27.7 Å². The molecule has 1 N–H and O–H groups in total. The van der Waals surface area contributed by atoms with Crippen LogP contribution in [0.3, 0.4) is 0 Å². The highest BCUT2D eigenvalue weighted by molar-refractivity contribution is 5.93. The number of pyridine rings is 2. The van der Waals surface area contributed by atoms with Crippen LogP contribution in [0.15, 0.2) is 29.1 Å². The van der Waals surface area contributed by atoms with Crippen LogP contribution >= 0.6 is 0 Å². The molecule has 2 aromatic heterocycles. The molecule has 0 saturated heterocycles. The lowest BCUT2D eigenvalue weighted by molar-refractivity contribution is -0.172. The van der Waals surface area contributed by atoms with Gasteiger partial charge in [-0.3, -0.25) is 4.79 Å². The zero-order valence-corrected chi connectivity index (χ0v) is 17.1. The van der Waals surface area contributed by atoms with Gasteiger partial charge in [-0.25, -0.2) is 9.78 Å². The zero-order chi connectivity index (χ0) is 21.2. The Morgan fingerprint density at radius 2 is 2.07 bits per heavy atom. The Hall–Kier alpha value is -3.19. The summed E-state index contributed by atoms with van der Waals surface area (Å²) in [6.07, 6.45) is 0.877. The molecule has 0 fully saturated rings. The van der Waals surface area contributed by atoms with E-state index in [1.54, 1.807) is 24.7 Å². The lowest BCUT2D eigenvalue weighted by Crippen LogP contribution is -2.44. The van der Waals surface area contributed by atoms with Gasteiger partial charge in [0.05, 0.1) is 36.1 Å². The molecule has 0 saturated carbocycles. The predicted molar refractivity (Wildman–Crippen MR) is 110 cm³/mol. The van der Waals surface area contributed by atoms with Crippen LogP contribution in [0.5, 0.6) is 5.75 Å². The first-order valence-electron chi connectivity index (χ1n) is 10.1. The molecule has 0 bridgehead atoms. The maximum atomic E-state index is 13.3. The number of carbonyl (C=O) groups excluding carboxylic acids is 1. The van der Waals surface area contributed by atoms with E-state index < -0.39 is 11.6 Å². The standard InChI is InChI=1S/C23H22N2O5/c1-4-12-13-10-25-17(20(13)24-16-7-6-8-18(29-3)19(12)16)9-15-14(21(25)26)11-30-22(27)23(15,28)5-2/h6-9,28H,4-5,10-11H2,1-3H3/t23-/m0/s1. The highest BCUT2D eigenvalue weighted by Gasteiger charge is 2.45. The van der Waals surface area contributed by atoms with Crippen molar-refractivity contribution < 1.29 is 19.4 Å². The van der Waals surface area contributed by atoms with Gasteiger partial charge in [0.15, 0.2) is 5.60 Å². The summed E-state index contributed by atoms with van der Waals surface area (Å²) in [5.74, 6) is 0.0344. The minimum Gasteiger partial charge on any atom is -0.496 e. The molecule has 30 heavy (non-hydrogen) atoms. The van der Waals surface area contributed by atoms with Crippen LogP contribution in [0.2, 0.25) is 0 Å². The molecule has 0 radical (unpaired) electrons. The fourth-order valence-corrected chi connectivity index (χ4v) is 4.75. The zero-order valence-electron chi connectivity index (χ0n) is 17.1. The van der Waals surface area contributed by atoms with Crippen LogP contribution in [-0.2, 0) is 34.7 Å². The number of aliphatic hydroxyl groups is 1. The number of methoxy groups -OCH3 is 1. The largest absolute Gasteiger partial charge is 0.496 e. The molecule has 3 aromatic rings. The van der Waals surface area contributed by atoms with Crippen molar-refractivity contribution in [3.05, 3.63) is 56.9 Å². The molecular weight excluding hydrogens is 384 g/mol. The maximum absolute atomic E-state index is 13.3. The molecule has 2 aliphatic heterocycles. The van der Waals surface area contributed by atoms with Gasteiger partial charge in [0, 0.05) is 16.5 Å². The molecule has 154 valence electrons. The van der Waals surface area contributed by atoms with E-state index in [1.807, 2.05) is 18.2 Å². The maximum Gasteiger partial charge on any atom is 0.343 e. The van der Waals surface area contributed by atoms with E-state index in [2.05, 4.69) is 6.92 Å². The number of benzene rings is 1. The minimum absolute atomic E-state index is 0.122. The van der Waals surface area contributed by atoms with Gasteiger partial charge in [-0.1, -0.05) is 19.9 Å². The number of esters is 1. The van der Waals surface area contributed by atoms with Crippen molar-refractivity contribution in [2.24, 2.45) is 0 Å². The summed E-state index contributed by atoms with van der Waals surface area (Å²) >= 11 is 0. The van der Waals surface area contributed by atoms with Gasteiger partial charge < -0.3 is 19.1 Å². The molecule has 7 heteroatoms. The van der Waals surface area contributed by atoms with Gasteiger partial charge in [-0.15, -0.1) is 0 Å². The van der Waals surface area contributed by atoms with Crippen LogP contribution < -0.4 is 10.3 Å². The van der Waals surface area contributed by atoms with Gasteiger partial charge in [0.1, 0.15) is 12.4 Å². The summed E-state index contributed by atoms with van der Waals surface area (Å²) in [6.45, 7) is 4.03. The third-order valence-corrected chi connectivity index (χ3v) is 6.36. The fourth-order valence-electron chi connectivity index (χ4n) is 4.75. The molecule has 5 rings (SSSR count). The summed E-state index contributed by atoms with van der Waals surface area (Å²) in [6, 6.07) is 7.47. The molecule has 4 heterocycles. The number of aryl methyl sites for hydroxylation is 1. The Morgan fingerprint density at radius 3 is 2.77 bits per heavy atom. The number of hydrogen-bond donors (Lipinski definition) is 1. The van der Waals surface area contributed by atoms with Crippen molar-refractivity contribution in [1.29, 1.82) is 0 Å². The van der Waals surface area contributed by atoms with Gasteiger partial charge in [0.2, 0.25) is 0 Å².